The number of allylic oxidation sites excluding steroid dienone is 3. The molecule has 2 aliphatic rings. The van der Waals surface area contributed by atoms with Crippen molar-refractivity contribution >= 4 is 29.1 Å². The lowest BCUT2D eigenvalue weighted by Crippen LogP contribution is -2.32. The third-order valence-electron chi connectivity index (χ3n) is 6.30. The highest BCUT2D eigenvalue weighted by Crippen LogP contribution is 2.44. The van der Waals surface area contributed by atoms with E-state index in [2.05, 4.69) is 16.7 Å². The van der Waals surface area contributed by atoms with Crippen molar-refractivity contribution in [2.45, 2.75) is 46.0 Å². The minimum absolute atomic E-state index is 0.0984. The number of dihydropyridines is 1. The number of benzene rings is 2. The molecule has 1 atom stereocenters. The van der Waals surface area contributed by atoms with Gasteiger partial charge in [0, 0.05) is 23.4 Å². The number of hydrogen-bond acceptors (Lipinski definition) is 5. The second-order valence-corrected chi connectivity index (χ2v) is 9.56. The van der Waals surface area contributed by atoms with E-state index in [-0.39, 0.29) is 17.4 Å². The third kappa shape index (κ3) is 4.74. The molecule has 5 nitrogen and oxygen atoms in total. The van der Waals surface area contributed by atoms with E-state index in [0.29, 0.717) is 22.6 Å². The fourth-order valence-corrected chi connectivity index (χ4v) is 5.27. The van der Waals surface area contributed by atoms with Gasteiger partial charge in [-0.2, -0.15) is 5.26 Å². The lowest BCUT2D eigenvalue weighted by atomic mass is 9.76. The molecule has 6 heteroatoms. The van der Waals surface area contributed by atoms with Gasteiger partial charge < -0.3 is 10.6 Å². The lowest BCUT2D eigenvalue weighted by Gasteiger charge is -2.33. The van der Waals surface area contributed by atoms with Crippen LogP contribution in [-0.2, 0) is 9.59 Å². The first-order valence-corrected chi connectivity index (χ1v) is 12.1. The molecule has 2 aromatic carbocycles. The normalized spacial score (nSPS) is 17.9. The Morgan fingerprint density at radius 3 is 2.64 bits per heavy atom. The van der Waals surface area contributed by atoms with Crippen LogP contribution in [0, 0.1) is 32.1 Å². The summed E-state index contributed by atoms with van der Waals surface area (Å²) in [6.45, 7) is 6.05. The summed E-state index contributed by atoms with van der Waals surface area (Å²) in [7, 11) is 0. The number of hydrogen-bond donors (Lipinski definition) is 2. The molecule has 0 unspecified atom stereocenters. The first-order chi connectivity index (χ1) is 15.9. The molecule has 0 spiro atoms. The number of rotatable bonds is 5. The number of nitrogens with zero attached hydrogens (tertiary/aromatic N) is 1. The maximum Gasteiger partial charge on any atom is 0.234 e. The largest absolute Gasteiger partial charge is 0.352 e. The van der Waals surface area contributed by atoms with Crippen LogP contribution >= 0.6 is 11.8 Å². The fraction of sp³-hybridized carbons (Fsp3) is 0.296. The van der Waals surface area contributed by atoms with Crippen LogP contribution in [0.2, 0.25) is 0 Å². The molecule has 0 aromatic heterocycles. The van der Waals surface area contributed by atoms with Crippen molar-refractivity contribution in [2.24, 2.45) is 0 Å². The van der Waals surface area contributed by atoms with Gasteiger partial charge in [0.05, 0.1) is 28.3 Å². The second-order valence-electron chi connectivity index (χ2n) is 8.57. The minimum Gasteiger partial charge on any atom is -0.352 e. The molecule has 2 N–H and O–H groups in total. The van der Waals surface area contributed by atoms with Gasteiger partial charge in [-0.3, -0.25) is 9.59 Å². The molecular weight excluding hydrogens is 430 g/mol. The number of thioether (sulfide) groups is 1. The van der Waals surface area contributed by atoms with Crippen molar-refractivity contribution in [3.05, 3.63) is 86.6 Å². The molecule has 1 amide bonds. The van der Waals surface area contributed by atoms with E-state index in [1.165, 1.54) is 17.3 Å². The van der Waals surface area contributed by atoms with Gasteiger partial charge in [0.1, 0.15) is 0 Å². The molecule has 0 saturated carbocycles. The highest BCUT2D eigenvalue weighted by molar-refractivity contribution is 8.03. The SMILES string of the molecule is Cc1ccc(NC(=O)CSC2=C(C#N)[C@H](c3ccccc3C)C3=C(CCCC3=O)N2)cc1C. The lowest BCUT2D eigenvalue weighted by molar-refractivity contribution is -0.116. The maximum absolute atomic E-state index is 12.9. The summed E-state index contributed by atoms with van der Waals surface area (Å²) in [5, 5.41) is 17.1. The summed E-state index contributed by atoms with van der Waals surface area (Å²) >= 11 is 1.31. The molecule has 168 valence electrons. The topological polar surface area (TPSA) is 82.0 Å². The summed E-state index contributed by atoms with van der Waals surface area (Å²) < 4.78 is 0. The number of anilines is 1. The third-order valence-corrected chi connectivity index (χ3v) is 7.32. The molecule has 33 heavy (non-hydrogen) atoms. The number of carbonyl (C=O) groups is 2. The van der Waals surface area contributed by atoms with Gasteiger partial charge >= 0.3 is 0 Å². The second kappa shape index (κ2) is 9.68. The van der Waals surface area contributed by atoms with Crippen molar-refractivity contribution in [3.63, 3.8) is 0 Å². The maximum atomic E-state index is 12.9. The highest BCUT2D eigenvalue weighted by Gasteiger charge is 2.37. The van der Waals surface area contributed by atoms with E-state index in [0.717, 1.165) is 40.9 Å². The number of ketones is 1. The Balaban J connectivity index is 1.61. The minimum atomic E-state index is -0.398. The van der Waals surface area contributed by atoms with Gasteiger partial charge in [-0.1, -0.05) is 42.1 Å². The van der Waals surface area contributed by atoms with Gasteiger partial charge in [0.25, 0.3) is 0 Å². The number of nitrogens with one attached hydrogen (secondary N) is 2. The van der Waals surface area contributed by atoms with Crippen molar-refractivity contribution in [2.75, 3.05) is 11.1 Å². The van der Waals surface area contributed by atoms with E-state index < -0.39 is 5.92 Å². The van der Waals surface area contributed by atoms with Crippen LogP contribution < -0.4 is 10.6 Å². The van der Waals surface area contributed by atoms with E-state index in [1.807, 2.05) is 63.2 Å². The van der Waals surface area contributed by atoms with Crippen LogP contribution in [0.5, 0.6) is 0 Å². The number of carbonyl (C=O) groups excluding carboxylic acids is 2. The van der Waals surface area contributed by atoms with Crippen molar-refractivity contribution in [3.8, 4) is 6.07 Å². The van der Waals surface area contributed by atoms with Crippen LogP contribution in [0.15, 0.2) is 64.3 Å². The number of amides is 1. The van der Waals surface area contributed by atoms with E-state index in [1.54, 1.807) is 0 Å². The van der Waals surface area contributed by atoms with Crippen molar-refractivity contribution in [1.29, 1.82) is 5.26 Å². The number of nitriles is 1. The van der Waals surface area contributed by atoms with E-state index in [9.17, 15) is 14.9 Å². The zero-order chi connectivity index (χ0) is 23.5. The Bertz CT molecular complexity index is 1240. The summed E-state index contributed by atoms with van der Waals surface area (Å²) in [6.07, 6.45) is 2.06. The molecule has 0 radical (unpaired) electrons. The zero-order valence-electron chi connectivity index (χ0n) is 19.1. The Morgan fingerprint density at radius 2 is 1.91 bits per heavy atom. The first kappa shape index (κ1) is 22.9. The van der Waals surface area contributed by atoms with E-state index in [4.69, 9.17) is 0 Å². The van der Waals surface area contributed by atoms with Gasteiger partial charge in [-0.25, -0.2) is 0 Å². The van der Waals surface area contributed by atoms with Crippen molar-refractivity contribution < 1.29 is 9.59 Å². The summed E-state index contributed by atoms with van der Waals surface area (Å²) in [5.41, 5.74) is 7.15. The molecule has 2 aromatic rings. The van der Waals surface area contributed by atoms with Crippen LogP contribution in [0.4, 0.5) is 5.69 Å². The van der Waals surface area contributed by atoms with Crippen LogP contribution in [-0.4, -0.2) is 17.4 Å². The average molecular weight is 458 g/mol. The number of aryl methyl sites for hydroxylation is 3. The smallest absolute Gasteiger partial charge is 0.234 e. The Morgan fingerprint density at radius 1 is 1.12 bits per heavy atom. The predicted octanol–water partition coefficient (Wildman–Crippen LogP) is 5.41. The Hall–Kier alpha value is -3.30. The molecule has 0 bridgehead atoms. The predicted molar refractivity (Wildman–Crippen MR) is 133 cm³/mol. The van der Waals surface area contributed by atoms with Crippen molar-refractivity contribution in [1.82, 2.24) is 5.32 Å². The molecular formula is C27H27N3O2S. The Labute approximate surface area is 199 Å². The van der Waals surface area contributed by atoms with Crippen LogP contribution in [0.1, 0.15) is 47.4 Å². The molecule has 1 aliphatic carbocycles. The quantitative estimate of drug-likeness (QED) is 0.627. The molecule has 0 saturated heterocycles. The van der Waals surface area contributed by atoms with E-state index >= 15 is 0 Å². The molecule has 1 aliphatic heterocycles. The number of Topliss-reactive ketones (excluding diaryl/α,β-unsaturated/α-hetero) is 1. The zero-order valence-corrected chi connectivity index (χ0v) is 19.9. The Kier molecular flexibility index (Phi) is 6.71. The van der Waals surface area contributed by atoms with Gasteiger partial charge in [-0.15, -0.1) is 0 Å². The first-order valence-electron chi connectivity index (χ1n) is 11.1. The average Bonchev–Trinajstić information content (AvgIpc) is 2.80. The highest BCUT2D eigenvalue weighted by atomic mass is 32.2. The molecule has 1 heterocycles. The van der Waals surface area contributed by atoms with Crippen LogP contribution in [0.3, 0.4) is 0 Å². The van der Waals surface area contributed by atoms with Gasteiger partial charge in [0.15, 0.2) is 5.78 Å². The summed E-state index contributed by atoms with van der Waals surface area (Å²) in [6, 6.07) is 16.1. The van der Waals surface area contributed by atoms with Crippen LogP contribution in [0.25, 0.3) is 0 Å². The monoisotopic (exact) mass is 457 g/mol. The standard InChI is InChI=1S/C27H27N3O2S/c1-16-11-12-19(13-18(16)3)29-24(32)15-33-27-21(14-28)25(20-8-5-4-7-17(20)2)26-22(30-27)9-6-10-23(26)31/h4-5,7-8,11-13,25,30H,6,9-10,15H2,1-3H3,(H,29,32)/t25-/m0/s1. The molecule has 4 rings (SSSR count). The van der Waals surface area contributed by atoms with Gasteiger partial charge in [-0.05, 0) is 68.0 Å². The summed E-state index contributed by atoms with van der Waals surface area (Å²) in [4.78, 5) is 25.6. The van der Waals surface area contributed by atoms with Gasteiger partial charge in [0.2, 0.25) is 5.91 Å². The summed E-state index contributed by atoms with van der Waals surface area (Å²) in [5.74, 6) is -0.272. The molecule has 0 fully saturated rings. The fourth-order valence-electron chi connectivity index (χ4n) is 4.41.